The van der Waals surface area contributed by atoms with E-state index in [9.17, 15) is 0 Å². The molecule has 0 bridgehead atoms. The summed E-state index contributed by atoms with van der Waals surface area (Å²) >= 11 is 1.82. The van der Waals surface area contributed by atoms with Gasteiger partial charge >= 0.3 is 0 Å². The van der Waals surface area contributed by atoms with Crippen molar-refractivity contribution in [2.45, 2.75) is 15.2 Å². The molecule has 0 N–H and O–H groups in total. The zero-order valence-corrected chi connectivity index (χ0v) is 32.5. The van der Waals surface area contributed by atoms with Crippen LogP contribution < -0.4 is 0 Å². The minimum Gasteiger partial charge on any atom is -0.309 e. The lowest BCUT2D eigenvalue weighted by Crippen LogP contribution is -2.37. The number of hydrogen-bond acceptors (Lipinski definition) is 4. The molecular formula is C54H32N4S. The zero-order chi connectivity index (χ0) is 38.7. The van der Waals surface area contributed by atoms with Crippen molar-refractivity contribution >= 4 is 55.1 Å². The molecule has 59 heavy (non-hydrogen) atoms. The first kappa shape index (κ1) is 32.7. The highest BCUT2D eigenvalue weighted by Crippen LogP contribution is 2.61. The largest absolute Gasteiger partial charge is 0.309 e. The molecule has 274 valence electrons. The summed E-state index contributed by atoms with van der Waals surface area (Å²) in [4.78, 5) is 18.3. The Hall–Kier alpha value is -7.34. The Morgan fingerprint density at radius 2 is 0.966 bits per heavy atom. The van der Waals surface area contributed by atoms with E-state index in [1.807, 2.05) is 11.8 Å². The SMILES string of the molecule is c1ccc2c(c1)Sc1c(-c3nc(-c4ccc5ccccc5c4)nc(-c4ccc5ccccc5c4)n3)cccc1C21c2ccccc2-n2c3ccccc3c3cccc1c32. The van der Waals surface area contributed by atoms with Crippen LogP contribution in [0.5, 0.6) is 0 Å². The van der Waals surface area contributed by atoms with E-state index in [1.165, 1.54) is 65.4 Å². The van der Waals surface area contributed by atoms with Crippen LogP contribution in [-0.2, 0) is 5.41 Å². The van der Waals surface area contributed by atoms with Crippen LogP contribution in [0.2, 0.25) is 0 Å². The Bertz CT molecular complexity index is 3470. The maximum Gasteiger partial charge on any atom is 0.165 e. The summed E-state index contributed by atoms with van der Waals surface area (Å²) in [6, 6.07) is 70.3. The van der Waals surface area contributed by atoms with Crippen LogP contribution in [0.25, 0.3) is 83.2 Å². The molecule has 0 radical (unpaired) electrons. The molecule has 0 aliphatic carbocycles. The van der Waals surface area contributed by atoms with E-state index in [0.717, 1.165) is 32.4 Å². The fraction of sp³-hybridized carbons (Fsp3) is 0.0185. The van der Waals surface area contributed by atoms with Gasteiger partial charge in [-0.05, 0) is 74.1 Å². The first-order valence-electron chi connectivity index (χ1n) is 20.0. The van der Waals surface area contributed by atoms with Crippen LogP contribution in [0.15, 0.2) is 204 Å². The van der Waals surface area contributed by atoms with Crippen molar-refractivity contribution in [2.24, 2.45) is 0 Å². The van der Waals surface area contributed by atoms with Gasteiger partial charge in [-0.15, -0.1) is 0 Å². The van der Waals surface area contributed by atoms with Crippen molar-refractivity contribution in [1.29, 1.82) is 0 Å². The highest BCUT2D eigenvalue weighted by atomic mass is 32.2. The second-order valence-electron chi connectivity index (χ2n) is 15.5. The minimum atomic E-state index is -0.608. The van der Waals surface area contributed by atoms with Crippen LogP contribution in [0.3, 0.4) is 0 Å². The van der Waals surface area contributed by atoms with Gasteiger partial charge in [-0.25, -0.2) is 15.0 Å². The van der Waals surface area contributed by atoms with Crippen molar-refractivity contribution in [2.75, 3.05) is 0 Å². The van der Waals surface area contributed by atoms with E-state index in [4.69, 9.17) is 15.0 Å². The maximum absolute atomic E-state index is 5.37. The summed E-state index contributed by atoms with van der Waals surface area (Å²) < 4.78 is 2.49. The van der Waals surface area contributed by atoms with Gasteiger partial charge in [-0.1, -0.05) is 176 Å². The van der Waals surface area contributed by atoms with Crippen LogP contribution in [0.4, 0.5) is 0 Å². The Kier molecular flexibility index (Phi) is 6.84. The number of benzene rings is 9. The van der Waals surface area contributed by atoms with Gasteiger partial charge in [-0.2, -0.15) is 0 Å². The molecule has 0 saturated heterocycles. The van der Waals surface area contributed by atoms with Crippen molar-refractivity contribution in [3.8, 4) is 39.9 Å². The zero-order valence-electron chi connectivity index (χ0n) is 31.7. The highest BCUT2D eigenvalue weighted by molar-refractivity contribution is 7.99. The molecule has 0 saturated carbocycles. The molecule has 1 spiro atoms. The summed E-state index contributed by atoms with van der Waals surface area (Å²) in [5.74, 6) is 1.95. The molecule has 2 aromatic heterocycles. The molecule has 11 aromatic rings. The van der Waals surface area contributed by atoms with Gasteiger partial charge in [0.2, 0.25) is 0 Å². The lowest BCUT2D eigenvalue weighted by atomic mass is 9.62. The molecular weight excluding hydrogens is 737 g/mol. The first-order chi connectivity index (χ1) is 29.2. The van der Waals surface area contributed by atoms with Gasteiger partial charge in [0.25, 0.3) is 0 Å². The standard InChI is InChI=1S/C54H32N4S/c1-3-15-35-31-37(29-27-33(35)13-1)51-55-52(38-30-28-34-14-2-4-16-36(34)32-38)57-53(56-51)41-19-12-23-45-50(41)59-48-26-10-7-21-43(48)54(45)42-20-6-9-25-47(42)58-46-24-8-5-17-39(46)40-18-11-22-44(54)49(40)58/h1-32H. The van der Waals surface area contributed by atoms with Gasteiger partial charge in [0, 0.05) is 37.3 Å². The quantitative estimate of drug-likeness (QED) is 0.180. The Morgan fingerprint density at radius 1 is 0.407 bits per heavy atom. The molecule has 4 heterocycles. The summed E-state index contributed by atoms with van der Waals surface area (Å²) in [5, 5.41) is 7.18. The predicted molar refractivity (Wildman–Crippen MR) is 241 cm³/mol. The normalized spacial score (nSPS) is 15.1. The summed E-state index contributed by atoms with van der Waals surface area (Å²) in [7, 11) is 0. The van der Waals surface area contributed by atoms with E-state index in [0.29, 0.717) is 17.5 Å². The molecule has 4 nitrogen and oxygen atoms in total. The number of nitrogens with zero attached hydrogens (tertiary/aromatic N) is 4. The maximum atomic E-state index is 5.37. The van der Waals surface area contributed by atoms with E-state index in [1.54, 1.807) is 0 Å². The minimum absolute atomic E-state index is 0.608. The third-order valence-electron chi connectivity index (χ3n) is 12.5. The van der Waals surface area contributed by atoms with E-state index < -0.39 is 5.41 Å². The van der Waals surface area contributed by atoms with E-state index >= 15 is 0 Å². The van der Waals surface area contributed by atoms with Crippen LogP contribution in [-0.4, -0.2) is 19.5 Å². The number of fused-ring (bicyclic) bond motifs is 13. The van der Waals surface area contributed by atoms with Gasteiger partial charge in [0.1, 0.15) is 0 Å². The van der Waals surface area contributed by atoms with Crippen molar-refractivity contribution < 1.29 is 0 Å². The third-order valence-corrected chi connectivity index (χ3v) is 13.7. The topological polar surface area (TPSA) is 43.6 Å². The summed E-state index contributed by atoms with van der Waals surface area (Å²) in [5.41, 5.74) is 11.0. The van der Waals surface area contributed by atoms with Crippen LogP contribution in [0, 0.1) is 0 Å². The van der Waals surface area contributed by atoms with E-state index in [2.05, 4.69) is 199 Å². The molecule has 2 aliphatic heterocycles. The highest BCUT2D eigenvalue weighted by Gasteiger charge is 2.50. The van der Waals surface area contributed by atoms with Crippen molar-refractivity contribution in [3.05, 3.63) is 216 Å². The smallest absolute Gasteiger partial charge is 0.165 e. The average Bonchev–Trinajstić information content (AvgIpc) is 3.65. The second kappa shape index (κ2) is 12.3. The van der Waals surface area contributed by atoms with Gasteiger partial charge in [0.15, 0.2) is 17.5 Å². The monoisotopic (exact) mass is 768 g/mol. The molecule has 5 heteroatoms. The molecule has 0 fully saturated rings. The van der Waals surface area contributed by atoms with Gasteiger partial charge in [-0.3, -0.25) is 0 Å². The van der Waals surface area contributed by atoms with Crippen molar-refractivity contribution in [3.63, 3.8) is 0 Å². The van der Waals surface area contributed by atoms with E-state index in [-0.39, 0.29) is 0 Å². The van der Waals surface area contributed by atoms with Gasteiger partial charge < -0.3 is 4.57 Å². The third kappa shape index (κ3) is 4.59. The lowest BCUT2D eigenvalue weighted by molar-refractivity contribution is 0.690. The molecule has 1 unspecified atom stereocenters. The number of hydrogen-bond donors (Lipinski definition) is 0. The van der Waals surface area contributed by atoms with Crippen molar-refractivity contribution in [1.82, 2.24) is 19.5 Å². The van der Waals surface area contributed by atoms with Crippen LogP contribution >= 0.6 is 11.8 Å². The predicted octanol–water partition coefficient (Wildman–Crippen LogP) is 13.4. The molecule has 1 atom stereocenters. The lowest BCUT2D eigenvalue weighted by Gasteiger charge is -2.45. The number of para-hydroxylation sites is 3. The van der Waals surface area contributed by atoms with Crippen LogP contribution in [0.1, 0.15) is 22.3 Å². The summed E-state index contributed by atoms with van der Waals surface area (Å²) in [6.07, 6.45) is 0. The molecule has 0 amide bonds. The fourth-order valence-corrected chi connectivity index (χ4v) is 11.2. The number of aromatic nitrogens is 4. The molecule has 2 aliphatic rings. The first-order valence-corrected chi connectivity index (χ1v) is 20.8. The Labute approximate surface area is 344 Å². The molecule has 9 aromatic carbocycles. The number of rotatable bonds is 3. The molecule has 13 rings (SSSR count). The fourth-order valence-electron chi connectivity index (χ4n) is 9.93. The Morgan fingerprint density at radius 3 is 1.73 bits per heavy atom. The second-order valence-corrected chi connectivity index (χ2v) is 16.6. The Balaban J connectivity index is 1.11. The van der Waals surface area contributed by atoms with Gasteiger partial charge in [0.05, 0.1) is 22.1 Å². The average molecular weight is 769 g/mol. The summed E-state index contributed by atoms with van der Waals surface area (Å²) in [6.45, 7) is 0.